The smallest absolute Gasteiger partial charge is 0.133 e. The zero-order chi connectivity index (χ0) is 9.35. The third-order valence-corrected chi connectivity index (χ3v) is 1.72. The largest absolute Gasteiger partial charge is 0.367 e. The van der Waals surface area contributed by atoms with Crippen molar-refractivity contribution in [3.8, 4) is 0 Å². The van der Waals surface area contributed by atoms with Crippen molar-refractivity contribution in [2.45, 2.75) is 44.7 Å². The monoisotopic (exact) mass is 174 g/mol. The molecule has 0 aromatic rings. The van der Waals surface area contributed by atoms with Gasteiger partial charge in [-0.3, -0.25) is 0 Å². The van der Waals surface area contributed by atoms with Gasteiger partial charge in [0.1, 0.15) is 12.3 Å². The second kappa shape index (κ2) is 3.30. The van der Waals surface area contributed by atoms with Crippen LogP contribution in [0.2, 0.25) is 0 Å². The van der Waals surface area contributed by atoms with Crippen LogP contribution in [0.5, 0.6) is 0 Å². The third-order valence-electron chi connectivity index (χ3n) is 1.72. The van der Waals surface area contributed by atoms with Gasteiger partial charge in [0, 0.05) is 0 Å². The normalized spacial score (nSPS) is 37.2. The van der Waals surface area contributed by atoms with Gasteiger partial charge in [0.2, 0.25) is 0 Å². The van der Waals surface area contributed by atoms with Crippen LogP contribution < -0.4 is 11.5 Å². The van der Waals surface area contributed by atoms with Gasteiger partial charge < -0.3 is 20.9 Å². The van der Waals surface area contributed by atoms with Gasteiger partial charge >= 0.3 is 0 Å². The van der Waals surface area contributed by atoms with E-state index in [1.165, 1.54) is 0 Å². The molecule has 1 fully saturated rings. The van der Waals surface area contributed by atoms with E-state index in [-0.39, 0.29) is 24.0 Å². The zero-order valence-electron chi connectivity index (χ0n) is 7.91. The molecule has 0 saturated carbocycles. The molecule has 1 rings (SSSR count). The van der Waals surface area contributed by atoms with Gasteiger partial charge in [-0.05, 0) is 20.8 Å². The van der Waals surface area contributed by atoms with E-state index in [2.05, 4.69) is 0 Å². The summed E-state index contributed by atoms with van der Waals surface area (Å²) >= 11 is 0. The zero-order valence-corrected chi connectivity index (χ0v) is 7.91. The highest BCUT2D eigenvalue weighted by Gasteiger charge is 2.36. The van der Waals surface area contributed by atoms with E-state index in [0.717, 1.165) is 0 Å². The van der Waals surface area contributed by atoms with E-state index in [4.69, 9.17) is 20.9 Å². The minimum atomic E-state index is -0.376. The molecule has 0 bridgehead atoms. The lowest BCUT2D eigenvalue weighted by Gasteiger charge is -2.28. The van der Waals surface area contributed by atoms with E-state index in [0.29, 0.717) is 6.61 Å². The molecule has 12 heavy (non-hydrogen) atoms. The minimum Gasteiger partial charge on any atom is -0.367 e. The molecule has 0 aromatic carbocycles. The first-order valence-electron chi connectivity index (χ1n) is 4.21. The van der Waals surface area contributed by atoms with Crippen LogP contribution in [0.15, 0.2) is 0 Å². The molecule has 1 aliphatic heterocycles. The van der Waals surface area contributed by atoms with Crippen LogP contribution in [0.4, 0.5) is 0 Å². The number of ether oxygens (including phenoxy) is 2. The topological polar surface area (TPSA) is 70.5 Å². The van der Waals surface area contributed by atoms with Crippen molar-refractivity contribution in [1.82, 2.24) is 0 Å². The molecular formula is C8H18N2O2. The van der Waals surface area contributed by atoms with Gasteiger partial charge in [-0.25, -0.2) is 0 Å². The van der Waals surface area contributed by atoms with Gasteiger partial charge in [-0.15, -0.1) is 0 Å². The SMILES string of the molecule is CC(C)(C)OC1C(N)CO[C@H]1N. The van der Waals surface area contributed by atoms with Crippen molar-refractivity contribution < 1.29 is 9.47 Å². The molecule has 2 unspecified atom stereocenters. The maximum Gasteiger partial charge on any atom is 0.133 e. The van der Waals surface area contributed by atoms with E-state index in [1.54, 1.807) is 0 Å². The van der Waals surface area contributed by atoms with Crippen molar-refractivity contribution >= 4 is 0 Å². The summed E-state index contributed by atoms with van der Waals surface area (Å²) in [5.74, 6) is 0. The van der Waals surface area contributed by atoms with E-state index in [9.17, 15) is 0 Å². The second-order valence-corrected chi connectivity index (χ2v) is 4.16. The number of hydrogen-bond acceptors (Lipinski definition) is 4. The first-order chi connectivity index (χ1) is 5.40. The molecule has 0 radical (unpaired) electrons. The average Bonchev–Trinajstić information content (AvgIpc) is 2.16. The summed E-state index contributed by atoms with van der Waals surface area (Å²) in [6.45, 7) is 6.42. The van der Waals surface area contributed by atoms with E-state index in [1.807, 2.05) is 20.8 Å². The van der Waals surface area contributed by atoms with Crippen LogP contribution in [0.25, 0.3) is 0 Å². The van der Waals surface area contributed by atoms with Crippen LogP contribution in [0.1, 0.15) is 20.8 Å². The van der Waals surface area contributed by atoms with Crippen LogP contribution in [0.3, 0.4) is 0 Å². The fraction of sp³-hybridized carbons (Fsp3) is 1.00. The molecule has 72 valence electrons. The van der Waals surface area contributed by atoms with Crippen molar-refractivity contribution in [2.75, 3.05) is 6.61 Å². The van der Waals surface area contributed by atoms with Gasteiger partial charge in [0.25, 0.3) is 0 Å². The Labute approximate surface area is 73.2 Å². The summed E-state index contributed by atoms with van der Waals surface area (Å²) in [6, 6.07) is -0.0979. The summed E-state index contributed by atoms with van der Waals surface area (Å²) < 4.78 is 10.8. The Morgan fingerprint density at radius 1 is 1.33 bits per heavy atom. The quantitative estimate of drug-likeness (QED) is 0.578. The molecule has 4 nitrogen and oxygen atoms in total. The average molecular weight is 174 g/mol. The summed E-state index contributed by atoms with van der Waals surface area (Å²) in [5, 5.41) is 0. The number of nitrogens with two attached hydrogens (primary N) is 2. The van der Waals surface area contributed by atoms with Gasteiger partial charge in [-0.1, -0.05) is 0 Å². The first kappa shape index (κ1) is 9.92. The molecule has 4 heteroatoms. The molecule has 1 aliphatic rings. The second-order valence-electron chi connectivity index (χ2n) is 4.16. The summed E-state index contributed by atoms with van der Waals surface area (Å²) in [5.41, 5.74) is 11.2. The Kier molecular flexibility index (Phi) is 2.73. The van der Waals surface area contributed by atoms with Gasteiger partial charge in [0.05, 0.1) is 18.2 Å². The molecule has 0 amide bonds. The van der Waals surface area contributed by atoms with Crippen LogP contribution in [0, 0.1) is 0 Å². The summed E-state index contributed by atoms with van der Waals surface area (Å²) in [6.07, 6.45) is -0.552. The van der Waals surface area contributed by atoms with Gasteiger partial charge in [0.15, 0.2) is 0 Å². The Hall–Kier alpha value is -0.160. The van der Waals surface area contributed by atoms with Crippen LogP contribution in [-0.2, 0) is 9.47 Å². The fourth-order valence-electron chi connectivity index (χ4n) is 1.22. The van der Waals surface area contributed by atoms with Crippen molar-refractivity contribution in [1.29, 1.82) is 0 Å². The molecule has 3 atom stereocenters. The molecule has 4 N–H and O–H groups in total. The highest BCUT2D eigenvalue weighted by atomic mass is 16.6. The standard InChI is InChI=1S/C8H18N2O2/c1-8(2,3)12-6-5(9)4-11-7(6)10/h5-7H,4,9-10H2,1-3H3/t5?,6?,7-/m1/s1. The van der Waals surface area contributed by atoms with Crippen LogP contribution >= 0.6 is 0 Å². The molecule has 0 spiro atoms. The predicted molar refractivity (Wildman–Crippen MR) is 46.5 cm³/mol. The van der Waals surface area contributed by atoms with Crippen LogP contribution in [-0.4, -0.2) is 30.6 Å². The minimum absolute atomic E-state index is 0.0979. The number of hydrogen-bond donors (Lipinski definition) is 2. The van der Waals surface area contributed by atoms with Gasteiger partial charge in [-0.2, -0.15) is 0 Å². The Balaban J connectivity index is 2.50. The summed E-state index contributed by atoms with van der Waals surface area (Å²) in [4.78, 5) is 0. The highest BCUT2D eigenvalue weighted by molar-refractivity contribution is 4.86. The lowest BCUT2D eigenvalue weighted by Crippen LogP contribution is -2.46. The molecular weight excluding hydrogens is 156 g/mol. The third kappa shape index (κ3) is 2.42. The number of rotatable bonds is 1. The Morgan fingerprint density at radius 2 is 1.92 bits per heavy atom. The van der Waals surface area contributed by atoms with Crippen molar-refractivity contribution in [2.24, 2.45) is 11.5 Å². The Morgan fingerprint density at radius 3 is 2.25 bits per heavy atom. The lowest BCUT2D eigenvalue weighted by molar-refractivity contribution is -0.0892. The maximum atomic E-state index is 5.75. The van der Waals surface area contributed by atoms with Crippen molar-refractivity contribution in [3.63, 3.8) is 0 Å². The maximum absolute atomic E-state index is 5.75. The van der Waals surface area contributed by atoms with Crippen molar-refractivity contribution in [3.05, 3.63) is 0 Å². The first-order valence-corrected chi connectivity index (χ1v) is 4.21. The molecule has 1 saturated heterocycles. The Bertz CT molecular complexity index is 146. The summed E-state index contributed by atoms with van der Waals surface area (Å²) in [7, 11) is 0. The highest BCUT2D eigenvalue weighted by Crippen LogP contribution is 2.19. The fourth-order valence-corrected chi connectivity index (χ4v) is 1.22. The molecule has 0 aliphatic carbocycles. The lowest BCUT2D eigenvalue weighted by atomic mass is 10.1. The van der Waals surface area contributed by atoms with E-state index < -0.39 is 0 Å². The van der Waals surface area contributed by atoms with E-state index >= 15 is 0 Å². The predicted octanol–water partition coefficient (Wildman–Crippen LogP) is -0.188. The molecule has 0 aromatic heterocycles. The molecule has 1 heterocycles.